The largest absolute Gasteiger partial charge is 0.321 e. The number of H-pyrrole nitrogens is 1. The average Bonchev–Trinajstić information content (AvgIpc) is 3.24. The maximum absolute atomic E-state index is 12.3. The van der Waals surface area contributed by atoms with Crippen LogP contribution in [0.1, 0.15) is 10.5 Å². The lowest BCUT2D eigenvalue weighted by molar-refractivity contribution is 0.102. The lowest BCUT2D eigenvalue weighted by Gasteiger charge is -2.03. The Balaban J connectivity index is 1.48. The Kier molecular flexibility index (Phi) is 3.64. The number of rotatable bonds is 4. The van der Waals surface area contributed by atoms with Crippen LogP contribution in [0.25, 0.3) is 10.9 Å². The van der Waals surface area contributed by atoms with E-state index in [1.165, 1.54) is 11.3 Å². The number of amides is 1. The lowest BCUT2D eigenvalue weighted by Crippen LogP contribution is -2.12. The number of aromatic nitrogens is 4. The Labute approximate surface area is 140 Å². The van der Waals surface area contributed by atoms with Crippen molar-refractivity contribution < 1.29 is 4.79 Å². The van der Waals surface area contributed by atoms with Gasteiger partial charge in [-0.25, -0.2) is 9.97 Å². The molecule has 4 rings (SSSR count). The van der Waals surface area contributed by atoms with E-state index in [2.05, 4.69) is 30.8 Å². The van der Waals surface area contributed by atoms with E-state index in [4.69, 9.17) is 0 Å². The second-order valence-corrected chi connectivity index (χ2v) is 5.86. The molecule has 0 unspecified atom stereocenters. The molecule has 0 bridgehead atoms. The van der Waals surface area contributed by atoms with Gasteiger partial charge in [0.1, 0.15) is 11.5 Å². The Morgan fingerprint density at radius 3 is 3.04 bits per heavy atom. The van der Waals surface area contributed by atoms with Gasteiger partial charge in [-0.05, 0) is 30.3 Å². The molecule has 0 saturated carbocycles. The van der Waals surface area contributed by atoms with Crippen molar-refractivity contribution in [3.05, 3.63) is 59.9 Å². The van der Waals surface area contributed by atoms with Crippen molar-refractivity contribution >= 4 is 44.8 Å². The molecule has 0 atom stereocenters. The highest BCUT2D eigenvalue weighted by atomic mass is 32.1. The van der Waals surface area contributed by atoms with Gasteiger partial charge in [0, 0.05) is 22.7 Å². The van der Waals surface area contributed by atoms with Gasteiger partial charge in [-0.15, -0.1) is 11.3 Å². The van der Waals surface area contributed by atoms with Crippen molar-refractivity contribution in [2.45, 2.75) is 0 Å². The molecule has 0 aliphatic heterocycles. The average molecular weight is 336 g/mol. The second kappa shape index (κ2) is 6.09. The summed E-state index contributed by atoms with van der Waals surface area (Å²) < 4.78 is 0. The van der Waals surface area contributed by atoms with Crippen LogP contribution in [0.3, 0.4) is 0 Å². The first-order chi connectivity index (χ1) is 11.8. The molecule has 118 valence electrons. The van der Waals surface area contributed by atoms with Crippen LogP contribution in [0.2, 0.25) is 0 Å². The van der Waals surface area contributed by atoms with Crippen LogP contribution < -0.4 is 10.6 Å². The number of fused-ring (bicyclic) bond motifs is 1. The molecule has 7 nitrogen and oxygen atoms in total. The molecule has 0 saturated heterocycles. The van der Waals surface area contributed by atoms with Crippen molar-refractivity contribution in [3.63, 3.8) is 0 Å². The fourth-order valence-corrected chi connectivity index (χ4v) is 2.89. The standard InChI is InChI=1S/C16H12N6OS/c23-15(19-11-5-4-10-8-18-22-12(10)7-11)13-9-24-16(20-13)21-14-3-1-2-6-17-14/h1-9H,(H,18,22)(H,19,23)(H,17,20,21). The van der Waals surface area contributed by atoms with E-state index < -0.39 is 0 Å². The number of carbonyl (C=O) groups is 1. The van der Waals surface area contributed by atoms with Crippen molar-refractivity contribution in [1.29, 1.82) is 0 Å². The molecule has 3 N–H and O–H groups in total. The Morgan fingerprint density at radius 2 is 2.17 bits per heavy atom. The molecule has 1 aromatic carbocycles. The fourth-order valence-electron chi connectivity index (χ4n) is 2.19. The molecule has 3 aromatic heterocycles. The Bertz CT molecular complexity index is 994. The normalized spacial score (nSPS) is 10.7. The van der Waals surface area contributed by atoms with Crippen molar-refractivity contribution in [3.8, 4) is 0 Å². The van der Waals surface area contributed by atoms with E-state index in [1.54, 1.807) is 17.8 Å². The van der Waals surface area contributed by atoms with Gasteiger partial charge in [-0.2, -0.15) is 5.10 Å². The smallest absolute Gasteiger partial charge is 0.275 e. The van der Waals surface area contributed by atoms with Gasteiger partial charge in [0.15, 0.2) is 5.13 Å². The highest BCUT2D eigenvalue weighted by Crippen LogP contribution is 2.21. The molecule has 0 radical (unpaired) electrons. The fraction of sp³-hybridized carbons (Fsp3) is 0. The number of thiazole rings is 1. The molecule has 0 spiro atoms. The maximum atomic E-state index is 12.3. The number of pyridine rings is 1. The molecule has 0 aliphatic carbocycles. The molecule has 1 amide bonds. The summed E-state index contributed by atoms with van der Waals surface area (Å²) in [6.07, 6.45) is 3.42. The number of aromatic amines is 1. The first kappa shape index (κ1) is 14.3. The number of benzene rings is 1. The summed E-state index contributed by atoms with van der Waals surface area (Å²) in [5.41, 5.74) is 1.90. The highest BCUT2D eigenvalue weighted by Gasteiger charge is 2.12. The summed E-state index contributed by atoms with van der Waals surface area (Å²) >= 11 is 1.35. The SMILES string of the molecule is O=C(Nc1ccc2cn[nH]c2c1)c1csc(Nc2ccccn2)n1. The molecule has 8 heteroatoms. The van der Waals surface area contributed by atoms with E-state index in [0.717, 1.165) is 10.9 Å². The van der Waals surface area contributed by atoms with E-state index in [0.29, 0.717) is 22.3 Å². The van der Waals surface area contributed by atoms with Crippen LogP contribution in [0.15, 0.2) is 54.2 Å². The minimum absolute atomic E-state index is 0.265. The van der Waals surface area contributed by atoms with Crippen LogP contribution in [-0.2, 0) is 0 Å². The van der Waals surface area contributed by atoms with Gasteiger partial charge in [0.25, 0.3) is 5.91 Å². The predicted molar refractivity (Wildman–Crippen MR) is 93.7 cm³/mol. The van der Waals surface area contributed by atoms with Crippen LogP contribution in [-0.4, -0.2) is 26.1 Å². The van der Waals surface area contributed by atoms with Gasteiger partial charge in [0.05, 0.1) is 11.7 Å². The number of hydrogen-bond acceptors (Lipinski definition) is 6. The minimum atomic E-state index is -0.265. The topological polar surface area (TPSA) is 95.6 Å². The van der Waals surface area contributed by atoms with Crippen LogP contribution in [0.5, 0.6) is 0 Å². The summed E-state index contributed by atoms with van der Waals surface area (Å²) in [6, 6.07) is 11.1. The number of hydrogen-bond donors (Lipinski definition) is 3. The zero-order chi connectivity index (χ0) is 16.4. The van der Waals surface area contributed by atoms with Gasteiger partial charge >= 0.3 is 0 Å². The Morgan fingerprint density at radius 1 is 1.21 bits per heavy atom. The van der Waals surface area contributed by atoms with Crippen molar-refractivity contribution in [1.82, 2.24) is 20.2 Å². The van der Waals surface area contributed by atoms with Crippen molar-refractivity contribution in [2.24, 2.45) is 0 Å². The molecule has 24 heavy (non-hydrogen) atoms. The minimum Gasteiger partial charge on any atom is -0.321 e. The quantitative estimate of drug-likeness (QED) is 0.531. The zero-order valence-electron chi connectivity index (χ0n) is 12.4. The molecular weight excluding hydrogens is 324 g/mol. The molecule has 3 heterocycles. The van der Waals surface area contributed by atoms with Crippen LogP contribution in [0.4, 0.5) is 16.6 Å². The summed E-state index contributed by atoms with van der Waals surface area (Å²) in [5.74, 6) is 0.419. The van der Waals surface area contributed by atoms with Crippen LogP contribution in [0, 0.1) is 0 Å². The monoisotopic (exact) mass is 336 g/mol. The third-order valence-corrected chi connectivity index (χ3v) is 4.09. The van der Waals surface area contributed by atoms with Gasteiger partial charge in [0.2, 0.25) is 0 Å². The van der Waals surface area contributed by atoms with E-state index in [-0.39, 0.29) is 5.91 Å². The molecule has 4 aromatic rings. The van der Waals surface area contributed by atoms with E-state index in [1.807, 2.05) is 36.4 Å². The number of anilines is 3. The van der Waals surface area contributed by atoms with E-state index in [9.17, 15) is 4.79 Å². The number of nitrogens with zero attached hydrogens (tertiary/aromatic N) is 3. The maximum Gasteiger partial charge on any atom is 0.275 e. The predicted octanol–water partition coefficient (Wildman–Crippen LogP) is 3.41. The van der Waals surface area contributed by atoms with Gasteiger partial charge < -0.3 is 10.6 Å². The summed E-state index contributed by atoms with van der Waals surface area (Å²) in [5, 5.41) is 16.0. The first-order valence-corrected chi connectivity index (χ1v) is 8.04. The summed E-state index contributed by atoms with van der Waals surface area (Å²) in [6.45, 7) is 0. The molecule has 0 fully saturated rings. The first-order valence-electron chi connectivity index (χ1n) is 7.16. The molecule has 0 aliphatic rings. The third kappa shape index (κ3) is 2.95. The number of nitrogens with one attached hydrogen (secondary N) is 3. The zero-order valence-corrected chi connectivity index (χ0v) is 13.2. The second-order valence-electron chi connectivity index (χ2n) is 5.00. The molecular formula is C16H12N6OS. The highest BCUT2D eigenvalue weighted by molar-refractivity contribution is 7.14. The third-order valence-electron chi connectivity index (χ3n) is 3.34. The lowest BCUT2D eigenvalue weighted by atomic mass is 10.2. The summed E-state index contributed by atoms with van der Waals surface area (Å²) in [4.78, 5) is 20.8. The summed E-state index contributed by atoms with van der Waals surface area (Å²) in [7, 11) is 0. The van der Waals surface area contributed by atoms with Crippen LogP contribution >= 0.6 is 11.3 Å². The Hall–Kier alpha value is -3.26. The van der Waals surface area contributed by atoms with Crippen molar-refractivity contribution in [2.75, 3.05) is 10.6 Å². The number of carbonyl (C=O) groups excluding carboxylic acids is 1. The van der Waals surface area contributed by atoms with Gasteiger partial charge in [-0.3, -0.25) is 9.89 Å². The van der Waals surface area contributed by atoms with E-state index >= 15 is 0 Å². The van der Waals surface area contributed by atoms with Gasteiger partial charge in [-0.1, -0.05) is 6.07 Å².